The lowest BCUT2D eigenvalue weighted by Gasteiger charge is -2.14. The van der Waals surface area contributed by atoms with Gasteiger partial charge in [0.2, 0.25) is 0 Å². The number of nitrogens with one attached hydrogen (secondary N) is 1. The van der Waals surface area contributed by atoms with Crippen molar-refractivity contribution >= 4 is 33.9 Å². The van der Waals surface area contributed by atoms with Crippen molar-refractivity contribution in [2.45, 2.75) is 20.3 Å². The van der Waals surface area contributed by atoms with Gasteiger partial charge in [0.05, 0.1) is 23.8 Å². The summed E-state index contributed by atoms with van der Waals surface area (Å²) < 4.78 is 11.3. The van der Waals surface area contributed by atoms with Crippen LogP contribution in [0.15, 0.2) is 54.9 Å². The van der Waals surface area contributed by atoms with E-state index in [2.05, 4.69) is 33.5 Å². The first-order valence-electron chi connectivity index (χ1n) is 10.8. The van der Waals surface area contributed by atoms with Gasteiger partial charge in [-0.3, -0.25) is 0 Å². The highest BCUT2D eigenvalue weighted by Gasteiger charge is 2.18. The molecule has 0 aliphatic rings. The topological polar surface area (TPSA) is 93.6 Å². The molecule has 0 aliphatic heterocycles. The van der Waals surface area contributed by atoms with Crippen LogP contribution in [0.25, 0.3) is 21.3 Å². The van der Waals surface area contributed by atoms with Crippen LogP contribution in [0.5, 0.6) is 11.5 Å². The molecule has 0 aliphatic carbocycles. The lowest BCUT2D eigenvalue weighted by atomic mass is 10.0. The lowest BCUT2D eigenvalue weighted by molar-refractivity contribution is 0.0698. The van der Waals surface area contributed by atoms with Gasteiger partial charge in [-0.15, -0.1) is 11.3 Å². The number of nitrogens with zero attached hydrogens (tertiary/aromatic N) is 2. The van der Waals surface area contributed by atoms with E-state index in [9.17, 15) is 9.90 Å². The normalized spacial score (nSPS) is 10.8. The number of carbonyl (C=O) groups is 1. The zero-order valence-corrected chi connectivity index (χ0v) is 19.3. The van der Waals surface area contributed by atoms with Gasteiger partial charge >= 0.3 is 5.97 Å². The first-order chi connectivity index (χ1) is 16.1. The Balaban J connectivity index is 1.52. The number of rotatable bonds is 10. The molecule has 2 heterocycles. The van der Waals surface area contributed by atoms with E-state index in [1.165, 1.54) is 17.1 Å². The second kappa shape index (κ2) is 10.3. The minimum absolute atomic E-state index is 0.166. The Hall–Kier alpha value is -3.65. The summed E-state index contributed by atoms with van der Waals surface area (Å²) in [7, 11) is 0. The van der Waals surface area contributed by atoms with Gasteiger partial charge in [-0.25, -0.2) is 14.8 Å². The Labute approximate surface area is 196 Å². The van der Waals surface area contributed by atoms with Crippen molar-refractivity contribution in [1.82, 2.24) is 9.97 Å². The highest BCUT2D eigenvalue weighted by molar-refractivity contribution is 7.17. The van der Waals surface area contributed by atoms with Crippen molar-refractivity contribution in [3.8, 4) is 22.1 Å². The zero-order chi connectivity index (χ0) is 23.2. The van der Waals surface area contributed by atoms with Gasteiger partial charge in [0.25, 0.3) is 0 Å². The Morgan fingerprint density at radius 2 is 1.82 bits per heavy atom. The van der Waals surface area contributed by atoms with Crippen molar-refractivity contribution < 1.29 is 19.4 Å². The molecule has 0 atom stereocenters. The van der Waals surface area contributed by atoms with E-state index in [1.54, 1.807) is 6.07 Å². The molecule has 0 radical (unpaired) electrons. The largest absolute Gasteiger partial charge is 0.494 e. The molecule has 0 saturated heterocycles. The number of thiophene rings is 1. The number of carboxylic acids is 1. The third kappa shape index (κ3) is 5.06. The molecule has 0 saturated carbocycles. The number of anilines is 1. The summed E-state index contributed by atoms with van der Waals surface area (Å²) in [5.74, 6) is 0.908. The van der Waals surface area contributed by atoms with Gasteiger partial charge in [-0.2, -0.15) is 0 Å². The summed E-state index contributed by atoms with van der Waals surface area (Å²) in [6.45, 7) is 5.46. The SMILES string of the molecule is CCOc1cc(-c2cc(NCCc3c(OCC)ccc4ccccc34)ncn2)sc1C(=O)O. The Morgan fingerprint density at radius 1 is 1.03 bits per heavy atom. The van der Waals surface area contributed by atoms with Crippen molar-refractivity contribution in [1.29, 1.82) is 0 Å². The van der Waals surface area contributed by atoms with E-state index >= 15 is 0 Å². The molecule has 8 heteroatoms. The van der Waals surface area contributed by atoms with Crippen LogP contribution in [-0.2, 0) is 6.42 Å². The van der Waals surface area contributed by atoms with Crippen LogP contribution in [0.1, 0.15) is 29.1 Å². The molecule has 0 unspecified atom stereocenters. The third-order valence-corrected chi connectivity index (χ3v) is 6.22. The number of ether oxygens (including phenoxy) is 2. The number of fused-ring (bicyclic) bond motifs is 1. The highest BCUT2D eigenvalue weighted by Crippen LogP contribution is 2.36. The van der Waals surface area contributed by atoms with Crippen molar-refractivity contribution in [2.75, 3.05) is 25.1 Å². The Bertz CT molecular complexity index is 1270. The van der Waals surface area contributed by atoms with Gasteiger partial charge in [0.15, 0.2) is 4.88 Å². The number of aromatic carboxylic acids is 1. The summed E-state index contributed by atoms with van der Waals surface area (Å²) >= 11 is 1.14. The monoisotopic (exact) mass is 463 g/mol. The van der Waals surface area contributed by atoms with Gasteiger partial charge in [0, 0.05) is 24.2 Å². The predicted molar refractivity (Wildman–Crippen MR) is 131 cm³/mol. The summed E-state index contributed by atoms with van der Waals surface area (Å²) in [6.07, 6.45) is 2.23. The number of benzene rings is 2. The highest BCUT2D eigenvalue weighted by atomic mass is 32.1. The smallest absolute Gasteiger partial charge is 0.349 e. The van der Waals surface area contributed by atoms with E-state index in [4.69, 9.17) is 9.47 Å². The van der Waals surface area contributed by atoms with Crippen LogP contribution in [-0.4, -0.2) is 40.8 Å². The fourth-order valence-corrected chi connectivity index (χ4v) is 4.59. The summed E-state index contributed by atoms with van der Waals surface area (Å²) in [5.41, 5.74) is 1.80. The van der Waals surface area contributed by atoms with Gasteiger partial charge in [-0.1, -0.05) is 30.3 Å². The molecule has 33 heavy (non-hydrogen) atoms. The third-order valence-electron chi connectivity index (χ3n) is 5.09. The van der Waals surface area contributed by atoms with Gasteiger partial charge < -0.3 is 19.9 Å². The molecule has 4 rings (SSSR count). The number of aromatic nitrogens is 2. The van der Waals surface area contributed by atoms with Crippen molar-refractivity contribution in [2.24, 2.45) is 0 Å². The maximum absolute atomic E-state index is 11.5. The van der Waals surface area contributed by atoms with Crippen LogP contribution in [0, 0.1) is 0 Å². The average molecular weight is 464 g/mol. The zero-order valence-electron chi connectivity index (χ0n) is 18.5. The number of hydrogen-bond donors (Lipinski definition) is 2. The molecule has 0 bridgehead atoms. The standard InChI is InChI=1S/C25H25N3O4S/c1-3-31-20-10-9-16-7-5-6-8-17(16)18(20)11-12-26-23-13-19(27-15-28-23)22-14-21(32-4-2)24(33-22)25(29)30/h5-10,13-15H,3-4,11-12H2,1-2H3,(H,29,30)(H,26,27,28). The first kappa shape index (κ1) is 22.5. The maximum atomic E-state index is 11.5. The fraction of sp³-hybridized carbons (Fsp3) is 0.240. The first-order valence-corrected chi connectivity index (χ1v) is 11.6. The Kier molecular flexibility index (Phi) is 7.04. The molecule has 0 fully saturated rings. The van der Waals surface area contributed by atoms with E-state index in [-0.39, 0.29) is 4.88 Å². The van der Waals surface area contributed by atoms with Crippen molar-refractivity contribution in [3.63, 3.8) is 0 Å². The van der Waals surface area contributed by atoms with Crippen molar-refractivity contribution in [3.05, 3.63) is 65.3 Å². The van der Waals surface area contributed by atoms with E-state index < -0.39 is 5.97 Å². The summed E-state index contributed by atoms with van der Waals surface area (Å²) in [6, 6.07) is 15.9. The lowest BCUT2D eigenvalue weighted by Crippen LogP contribution is -2.08. The summed E-state index contributed by atoms with van der Waals surface area (Å²) in [4.78, 5) is 21.1. The summed E-state index contributed by atoms with van der Waals surface area (Å²) in [5, 5.41) is 15.2. The fourth-order valence-electron chi connectivity index (χ4n) is 3.68. The molecule has 7 nitrogen and oxygen atoms in total. The van der Waals surface area contributed by atoms with Crippen LogP contribution in [0.4, 0.5) is 5.82 Å². The van der Waals surface area contributed by atoms with Crippen LogP contribution in [0.3, 0.4) is 0 Å². The molecule has 170 valence electrons. The molecule has 2 aromatic carbocycles. The average Bonchev–Trinajstić information content (AvgIpc) is 3.25. The quantitative estimate of drug-likeness (QED) is 0.320. The number of hydrogen-bond acceptors (Lipinski definition) is 7. The predicted octanol–water partition coefficient (Wildman–Crippen LogP) is 5.51. The molecule has 4 aromatic rings. The molecule has 2 aromatic heterocycles. The van der Waals surface area contributed by atoms with Gasteiger partial charge in [0.1, 0.15) is 23.6 Å². The minimum Gasteiger partial charge on any atom is -0.494 e. The van der Waals surface area contributed by atoms with Crippen LogP contribution < -0.4 is 14.8 Å². The maximum Gasteiger partial charge on any atom is 0.349 e. The molecule has 0 spiro atoms. The van der Waals surface area contributed by atoms with Crippen LogP contribution in [0.2, 0.25) is 0 Å². The Morgan fingerprint density at radius 3 is 2.61 bits per heavy atom. The molecular formula is C25H25N3O4S. The molecule has 0 amide bonds. The van der Waals surface area contributed by atoms with Crippen LogP contribution >= 0.6 is 11.3 Å². The minimum atomic E-state index is -1.01. The number of carboxylic acid groups (broad SMARTS) is 1. The van der Waals surface area contributed by atoms with E-state index in [0.29, 0.717) is 41.9 Å². The van der Waals surface area contributed by atoms with Gasteiger partial charge in [-0.05, 0) is 37.1 Å². The van der Waals surface area contributed by atoms with E-state index in [0.717, 1.165) is 29.1 Å². The second-order valence-corrected chi connectivity index (χ2v) is 8.26. The van der Waals surface area contributed by atoms with E-state index in [1.807, 2.05) is 38.1 Å². The second-order valence-electron chi connectivity index (χ2n) is 7.20. The molecule has 2 N–H and O–H groups in total. The molecular weight excluding hydrogens is 438 g/mol.